The first-order valence-electron chi connectivity index (χ1n) is 9.33. The number of nitrogens with zero attached hydrogens (tertiary/aromatic N) is 2. The average Bonchev–Trinajstić information content (AvgIpc) is 3.41. The topological polar surface area (TPSA) is 61.0 Å². The number of carbonyl (C=O) groups is 1. The zero-order chi connectivity index (χ0) is 17.4. The molecule has 0 atom stereocenters. The van der Waals surface area contributed by atoms with E-state index < -0.39 is 0 Å². The summed E-state index contributed by atoms with van der Waals surface area (Å²) in [5.41, 5.74) is 4.11. The third kappa shape index (κ3) is 3.41. The molecule has 4 rings (SSSR count). The highest BCUT2D eigenvalue weighted by atomic mass is 16.1. The van der Waals surface area contributed by atoms with Gasteiger partial charge < -0.3 is 10.2 Å². The fourth-order valence-electron chi connectivity index (χ4n) is 3.57. The molecule has 2 fully saturated rings. The fraction of sp³-hybridized carbons (Fsp3) is 0.500. The van der Waals surface area contributed by atoms with Gasteiger partial charge in [0.2, 0.25) is 0 Å². The molecular weight excluding hydrogens is 312 g/mol. The van der Waals surface area contributed by atoms with Gasteiger partial charge in [0.05, 0.1) is 0 Å². The van der Waals surface area contributed by atoms with Crippen molar-refractivity contribution in [1.82, 2.24) is 10.2 Å². The van der Waals surface area contributed by atoms with E-state index in [-0.39, 0.29) is 5.91 Å². The minimum atomic E-state index is -0.101. The maximum atomic E-state index is 12.5. The number of rotatable bonds is 4. The van der Waals surface area contributed by atoms with Gasteiger partial charge in [0.15, 0.2) is 5.82 Å². The molecule has 5 nitrogen and oxygen atoms in total. The molecule has 2 N–H and O–H groups in total. The summed E-state index contributed by atoms with van der Waals surface area (Å²) in [7, 11) is 0. The highest BCUT2D eigenvalue weighted by molar-refractivity contribution is 6.04. The summed E-state index contributed by atoms with van der Waals surface area (Å²) in [4.78, 5) is 14.9. The molecule has 132 valence electrons. The molecule has 2 heterocycles. The van der Waals surface area contributed by atoms with Crippen LogP contribution in [-0.2, 0) is 0 Å². The van der Waals surface area contributed by atoms with Crippen LogP contribution < -0.4 is 10.2 Å². The predicted octanol–water partition coefficient (Wildman–Crippen LogP) is 4.08. The average molecular weight is 338 g/mol. The van der Waals surface area contributed by atoms with Gasteiger partial charge in [-0.05, 0) is 62.8 Å². The molecule has 1 aromatic carbocycles. The van der Waals surface area contributed by atoms with Crippen LogP contribution in [0.5, 0.6) is 0 Å². The monoisotopic (exact) mass is 338 g/mol. The normalized spacial score (nSPS) is 18.4. The van der Waals surface area contributed by atoms with E-state index in [2.05, 4.69) is 39.5 Å². The van der Waals surface area contributed by atoms with Crippen molar-refractivity contribution in [3.05, 3.63) is 41.1 Å². The Bertz CT molecular complexity index is 753. The summed E-state index contributed by atoms with van der Waals surface area (Å²) in [6.45, 7) is 6.54. The van der Waals surface area contributed by atoms with Crippen LogP contribution in [0.15, 0.2) is 24.3 Å². The van der Waals surface area contributed by atoms with Crippen LogP contribution >= 0.6 is 0 Å². The first-order chi connectivity index (χ1) is 12.1. The zero-order valence-electron chi connectivity index (χ0n) is 15.0. The van der Waals surface area contributed by atoms with E-state index in [1.165, 1.54) is 37.1 Å². The summed E-state index contributed by atoms with van der Waals surface area (Å²) in [6.07, 6.45) is 4.91. The van der Waals surface area contributed by atoms with Gasteiger partial charge in [0.1, 0.15) is 0 Å². The summed E-state index contributed by atoms with van der Waals surface area (Å²) in [5.74, 6) is 1.97. The number of benzene rings is 1. The van der Waals surface area contributed by atoms with Gasteiger partial charge in [-0.1, -0.05) is 6.92 Å². The van der Waals surface area contributed by atoms with Crippen molar-refractivity contribution in [2.24, 2.45) is 5.92 Å². The van der Waals surface area contributed by atoms with Gasteiger partial charge >= 0.3 is 0 Å². The highest BCUT2D eigenvalue weighted by Gasteiger charge is 2.28. The molecule has 5 heteroatoms. The Balaban J connectivity index is 1.42. The maximum absolute atomic E-state index is 12.5. The molecule has 25 heavy (non-hydrogen) atoms. The number of anilines is 2. The predicted molar refractivity (Wildman–Crippen MR) is 100 cm³/mol. The summed E-state index contributed by atoms with van der Waals surface area (Å²) >= 11 is 0. The Kier molecular flexibility index (Phi) is 4.24. The first-order valence-corrected chi connectivity index (χ1v) is 9.33. The summed E-state index contributed by atoms with van der Waals surface area (Å²) in [5, 5.41) is 10.3. The lowest BCUT2D eigenvalue weighted by molar-refractivity contribution is 0.102. The third-order valence-electron chi connectivity index (χ3n) is 5.54. The van der Waals surface area contributed by atoms with E-state index in [1.807, 2.05) is 19.1 Å². The Morgan fingerprint density at radius 2 is 1.84 bits per heavy atom. The molecule has 1 amide bonds. The standard InChI is InChI=1S/C20H26N4O/c1-13-9-11-24(12-10-13)17-7-5-16(6-8-17)20(25)21-19-14(2)18(22-23-19)15-3-4-15/h5-8,13,15H,3-4,9-12H2,1-2H3,(H2,21,22,23,25). The van der Waals surface area contributed by atoms with Crippen LogP contribution in [0, 0.1) is 12.8 Å². The summed E-state index contributed by atoms with van der Waals surface area (Å²) in [6, 6.07) is 7.93. The molecule has 2 aromatic rings. The van der Waals surface area contributed by atoms with Crippen molar-refractivity contribution < 1.29 is 4.79 Å². The van der Waals surface area contributed by atoms with Gasteiger partial charge in [0.25, 0.3) is 5.91 Å². The molecule has 0 unspecified atom stereocenters. The molecule has 1 saturated carbocycles. The van der Waals surface area contributed by atoms with E-state index in [1.54, 1.807) is 0 Å². The van der Waals surface area contributed by atoms with Crippen molar-refractivity contribution in [2.45, 2.75) is 45.4 Å². The van der Waals surface area contributed by atoms with E-state index >= 15 is 0 Å². The Morgan fingerprint density at radius 1 is 1.16 bits per heavy atom. The number of aromatic amines is 1. The van der Waals surface area contributed by atoms with Gasteiger partial charge in [-0.2, -0.15) is 5.10 Å². The number of hydrogen-bond acceptors (Lipinski definition) is 3. The van der Waals surface area contributed by atoms with Crippen LogP contribution in [0.1, 0.15) is 60.1 Å². The number of piperidine rings is 1. The van der Waals surface area contributed by atoms with Crippen molar-refractivity contribution in [3.8, 4) is 0 Å². The quantitative estimate of drug-likeness (QED) is 0.883. The second-order valence-corrected chi connectivity index (χ2v) is 7.56. The van der Waals surface area contributed by atoms with E-state index in [0.717, 1.165) is 24.6 Å². The number of aromatic nitrogens is 2. The molecule has 1 aliphatic carbocycles. The van der Waals surface area contributed by atoms with Crippen molar-refractivity contribution in [3.63, 3.8) is 0 Å². The van der Waals surface area contributed by atoms with E-state index in [4.69, 9.17) is 0 Å². The molecule has 1 aromatic heterocycles. The maximum Gasteiger partial charge on any atom is 0.256 e. The number of nitrogens with one attached hydrogen (secondary N) is 2. The minimum absolute atomic E-state index is 0.101. The van der Waals surface area contributed by atoms with Gasteiger partial charge in [-0.25, -0.2) is 0 Å². The minimum Gasteiger partial charge on any atom is -0.372 e. The first kappa shape index (κ1) is 16.2. The van der Waals surface area contributed by atoms with Crippen molar-refractivity contribution in [1.29, 1.82) is 0 Å². The van der Waals surface area contributed by atoms with Crippen molar-refractivity contribution >= 4 is 17.4 Å². The Labute approximate surface area is 148 Å². The largest absolute Gasteiger partial charge is 0.372 e. The molecular formula is C20H26N4O. The van der Waals surface area contributed by atoms with Crippen LogP contribution in [-0.4, -0.2) is 29.2 Å². The van der Waals surface area contributed by atoms with E-state index in [9.17, 15) is 4.79 Å². The van der Waals surface area contributed by atoms with Crippen LogP contribution in [0.25, 0.3) is 0 Å². The second-order valence-electron chi connectivity index (χ2n) is 7.56. The number of H-pyrrole nitrogens is 1. The molecule has 1 saturated heterocycles. The van der Waals surface area contributed by atoms with Crippen LogP contribution in [0.3, 0.4) is 0 Å². The Morgan fingerprint density at radius 3 is 2.48 bits per heavy atom. The van der Waals surface area contributed by atoms with E-state index in [0.29, 0.717) is 17.3 Å². The van der Waals surface area contributed by atoms with Gasteiger partial charge in [-0.15, -0.1) is 0 Å². The SMILES string of the molecule is Cc1c(NC(=O)c2ccc(N3CCC(C)CC3)cc2)n[nH]c1C1CC1. The molecule has 0 bridgehead atoms. The third-order valence-corrected chi connectivity index (χ3v) is 5.54. The smallest absolute Gasteiger partial charge is 0.256 e. The van der Waals surface area contributed by atoms with Gasteiger partial charge in [-0.3, -0.25) is 9.89 Å². The lowest BCUT2D eigenvalue weighted by Gasteiger charge is -2.32. The van der Waals surface area contributed by atoms with Crippen molar-refractivity contribution in [2.75, 3.05) is 23.3 Å². The Hall–Kier alpha value is -2.30. The van der Waals surface area contributed by atoms with Crippen LogP contribution in [0.2, 0.25) is 0 Å². The molecule has 1 aliphatic heterocycles. The fourth-order valence-corrected chi connectivity index (χ4v) is 3.57. The lowest BCUT2D eigenvalue weighted by atomic mass is 9.98. The lowest BCUT2D eigenvalue weighted by Crippen LogP contribution is -2.32. The van der Waals surface area contributed by atoms with Gasteiger partial charge in [0, 0.05) is 41.5 Å². The number of amides is 1. The molecule has 2 aliphatic rings. The zero-order valence-corrected chi connectivity index (χ0v) is 15.0. The number of carbonyl (C=O) groups excluding carboxylic acids is 1. The summed E-state index contributed by atoms with van der Waals surface area (Å²) < 4.78 is 0. The number of hydrogen-bond donors (Lipinski definition) is 2. The highest BCUT2D eigenvalue weighted by Crippen LogP contribution is 2.41. The molecule has 0 spiro atoms. The second kappa shape index (κ2) is 6.54. The molecule has 0 radical (unpaired) electrons. The van der Waals surface area contributed by atoms with Crippen LogP contribution in [0.4, 0.5) is 11.5 Å².